The number of carboxylic acid groups (broad SMARTS) is 1. The van der Waals surface area contributed by atoms with E-state index in [0.29, 0.717) is 13.1 Å². The van der Waals surface area contributed by atoms with Crippen LogP contribution < -0.4 is 0 Å². The number of hydrogen-bond donors (Lipinski definition) is 1. The lowest BCUT2D eigenvalue weighted by Gasteiger charge is -2.28. The Kier molecular flexibility index (Phi) is 2.49. The third kappa shape index (κ3) is 1.75. The Morgan fingerprint density at radius 3 is 3.00 bits per heavy atom. The summed E-state index contributed by atoms with van der Waals surface area (Å²) in [6, 6.07) is 0. The Labute approximate surface area is 85.5 Å². The SMILES string of the molecule is CCN1C[C@H]2O[C@@H](OC(=O)O)[C@H](O2)C1=O. The van der Waals surface area contributed by atoms with Crippen LogP contribution in [0.2, 0.25) is 0 Å². The van der Waals surface area contributed by atoms with Crippen molar-refractivity contribution in [1.82, 2.24) is 4.90 Å². The van der Waals surface area contributed by atoms with E-state index in [4.69, 9.17) is 14.6 Å². The topological polar surface area (TPSA) is 85.3 Å². The molecule has 0 radical (unpaired) electrons. The Morgan fingerprint density at radius 1 is 1.67 bits per heavy atom. The molecule has 0 unspecified atom stereocenters. The Balaban J connectivity index is 2.08. The number of amides is 1. The molecule has 2 aliphatic heterocycles. The summed E-state index contributed by atoms with van der Waals surface area (Å²) >= 11 is 0. The second-order valence-electron chi connectivity index (χ2n) is 3.25. The molecule has 3 atom stereocenters. The normalized spacial score (nSPS) is 34.3. The summed E-state index contributed by atoms with van der Waals surface area (Å²) in [7, 11) is 0. The largest absolute Gasteiger partial charge is 0.508 e. The first kappa shape index (κ1) is 10.2. The van der Waals surface area contributed by atoms with Crippen LogP contribution in [0.25, 0.3) is 0 Å². The lowest BCUT2D eigenvalue weighted by atomic mass is 10.2. The van der Waals surface area contributed by atoms with E-state index in [0.717, 1.165) is 0 Å². The quantitative estimate of drug-likeness (QED) is 0.634. The lowest BCUT2D eigenvalue weighted by molar-refractivity contribution is -0.161. The van der Waals surface area contributed by atoms with Crippen LogP contribution in [0.3, 0.4) is 0 Å². The smallest absolute Gasteiger partial charge is 0.450 e. The summed E-state index contributed by atoms with van der Waals surface area (Å²) in [5.74, 6) is -0.294. The third-order valence-electron chi connectivity index (χ3n) is 2.35. The molecule has 2 saturated heterocycles. The van der Waals surface area contributed by atoms with Gasteiger partial charge in [-0.1, -0.05) is 0 Å². The van der Waals surface area contributed by atoms with Gasteiger partial charge in [0.05, 0.1) is 6.54 Å². The molecule has 2 bridgehead atoms. The van der Waals surface area contributed by atoms with Crippen LogP contribution in [-0.4, -0.2) is 53.8 Å². The number of hydrogen-bond acceptors (Lipinski definition) is 5. The number of rotatable bonds is 2. The Morgan fingerprint density at radius 2 is 2.40 bits per heavy atom. The fraction of sp³-hybridized carbons (Fsp3) is 0.750. The number of morpholine rings is 1. The summed E-state index contributed by atoms with van der Waals surface area (Å²) < 4.78 is 14.7. The predicted octanol–water partition coefficient (Wildman–Crippen LogP) is -0.389. The van der Waals surface area contributed by atoms with Crippen molar-refractivity contribution in [3.05, 3.63) is 0 Å². The van der Waals surface area contributed by atoms with E-state index in [1.807, 2.05) is 6.92 Å². The molecule has 2 aliphatic rings. The molecule has 0 aromatic carbocycles. The molecular weight excluding hydrogens is 206 g/mol. The second kappa shape index (κ2) is 3.67. The summed E-state index contributed by atoms with van der Waals surface area (Å²) in [4.78, 5) is 23.5. The highest BCUT2D eigenvalue weighted by atomic mass is 16.8. The summed E-state index contributed by atoms with van der Waals surface area (Å²) in [5.41, 5.74) is 0. The van der Waals surface area contributed by atoms with E-state index in [-0.39, 0.29) is 5.91 Å². The van der Waals surface area contributed by atoms with Crippen molar-refractivity contribution in [2.75, 3.05) is 13.1 Å². The van der Waals surface area contributed by atoms with Gasteiger partial charge < -0.3 is 24.2 Å². The highest BCUT2D eigenvalue weighted by molar-refractivity contribution is 5.82. The molecule has 15 heavy (non-hydrogen) atoms. The minimum absolute atomic E-state index is 0.294. The average Bonchev–Trinajstić information content (AvgIpc) is 2.50. The number of nitrogens with zero attached hydrogens (tertiary/aromatic N) is 1. The first-order valence-corrected chi connectivity index (χ1v) is 4.61. The highest BCUT2D eigenvalue weighted by Crippen LogP contribution is 2.27. The van der Waals surface area contributed by atoms with Gasteiger partial charge in [-0.25, -0.2) is 4.79 Å². The number of fused-ring (bicyclic) bond motifs is 2. The van der Waals surface area contributed by atoms with E-state index < -0.39 is 24.8 Å². The van der Waals surface area contributed by atoms with Crippen LogP contribution in [0.15, 0.2) is 0 Å². The zero-order valence-electron chi connectivity index (χ0n) is 8.08. The van der Waals surface area contributed by atoms with Gasteiger partial charge in [-0.05, 0) is 6.92 Å². The van der Waals surface area contributed by atoms with Crippen LogP contribution in [-0.2, 0) is 19.0 Å². The van der Waals surface area contributed by atoms with Crippen molar-refractivity contribution in [1.29, 1.82) is 0 Å². The number of carbonyl (C=O) groups excluding carboxylic acids is 1. The Hall–Kier alpha value is -1.34. The monoisotopic (exact) mass is 217 g/mol. The average molecular weight is 217 g/mol. The van der Waals surface area contributed by atoms with Gasteiger partial charge in [0, 0.05) is 6.54 Å². The fourth-order valence-corrected chi connectivity index (χ4v) is 1.67. The lowest BCUT2D eigenvalue weighted by Crippen LogP contribution is -2.49. The molecule has 2 fully saturated rings. The fourth-order valence-electron chi connectivity index (χ4n) is 1.67. The first-order chi connectivity index (χ1) is 7.11. The summed E-state index contributed by atoms with van der Waals surface area (Å²) in [6.07, 6.45) is -4.17. The van der Waals surface area contributed by atoms with Gasteiger partial charge in [0.2, 0.25) is 12.4 Å². The second-order valence-corrected chi connectivity index (χ2v) is 3.25. The van der Waals surface area contributed by atoms with E-state index in [1.165, 1.54) is 0 Å². The zero-order valence-corrected chi connectivity index (χ0v) is 8.08. The van der Waals surface area contributed by atoms with Crippen molar-refractivity contribution in [3.8, 4) is 0 Å². The van der Waals surface area contributed by atoms with Crippen molar-refractivity contribution in [2.24, 2.45) is 0 Å². The van der Waals surface area contributed by atoms with E-state index in [1.54, 1.807) is 4.90 Å². The van der Waals surface area contributed by atoms with Crippen molar-refractivity contribution < 1.29 is 28.9 Å². The molecule has 84 valence electrons. The number of carbonyl (C=O) groups is 2. The van der Waals surface area contributed by atoms with Gasteiger partial charge in [0.25, 0.3) is 5.91 Å². The molecule has 7 nitrogen and oxygen atoms in total. The molecule has 2 heterocycles. The van der Waals surface area contributed by atoms with Crippen molar-refractivity contribution in [3.63, 3.8) is 0 Å². The molecule has 0 aromatic rings. The maximum absolute atomic E-state index is 11.7. The van der Waals surface area contributed by atoms with E-state index >= 15 is 0 Å². The molecular formula is C8H11NO6. The van der Waals surface area contributed by atoms with Gasteiger partial charge in [-0.3, -0.25) is 4.79 Å². The van der Waals surface area contributed by atoms with E-state index in [2.05, 4.69) is 4.74 Å². The summed E-state index contributed by atoms with van der Waals surface area (Å²) in [5, 5.41) is 8.42. The molecule has 0 spiro atoms. The van der Waals surface area contributed by atoms with Gasteiger partial charge in [0.15, 0.2) is 6.29 Å². The minimum Gasteiger partial charge on any atom is -0.450 e. The maximum atomic E-state index is 11.7. The van der Waals surface area contributed by atoms with Crippen LogP contribution in [0, 0.1) is 0 Å². The molecule has 0 saturated carbocycles. The van der Waals surface area contributed by atoms with E-state index in [9.17, 15) is 9.59 Å². The molecule has 7 heteroatoms. The minimum atomic E-state index is -1.48. The predicted molar refractivity (Wildman–Crippen MR) is 44.9 cm³/mol. The number of ether oxygens (including phenoxy) is 3. The first-order valence-electron chi connectivity index (χ1n) is 4.61. The van der Waals surface area contributed by atoms with Crippen LogP contribution >= 0.6 is 0 Å². The van der Waals surface area contributed by atoms with Crippen molar-refractivity contribution >= 4 is 12.1 Å². The number of likely N-dealkylation sites (N-methyl/N-ethyl adjacent to an activating group) is 1. The molecule has 0 aliphatic carbocycles. The van der Waals surface area contributed by atoms with Gasteiger partial charge >= 0.3 is 6.16 Å². The van der Waals surface area contributed by atoms with Crippen molar-refractivity contribution in [2.45, 2.75) is 25.6 Å². The molecule has 1 N–H and O–H groups in total. The standard InChI is InChI=1S/C8H11NO6/c1-2-9-3-4-13-5(6(9)10)7(14-4)15-8(11)12/h4-5,7H,2-3H2,1H3,(H,11,12)/t4-,5-,7+/m1/s1. The van der Waals surface area contributed by atoms with Gasteiger partial charge in [-0.15, -0.1) is 0 Å². The van der Waals surface area contributed by atoms with Gasteiger partial charge in [0.1, 0.15) is 0 Å². The third-order valence-corrected chi connectivity index (χ3v) is 2.35. The Bertz CT molecular complexity index is 293. The molecule has 1 amide bonds. The summed E-state index contributed by atoms with van der Waals surface area (Å²) in [6.45, 7) is 2.68. The molecule has 2 rings (SSSR count). The molecule has 0 aromatic heterocycles. The van der Waals surface area contributed by atoms with Crippen LogP contribution in [0.5, 0.6) is 0 Å². The van der Waals surface area contributed by atoms with Gasteiger partial charge in [-0.2, -0.15) is 0 Å². The van der Waals surface area contributed by atoms with Crippen LogP contribution in [0.1, 0.15) is 6.92 Å². The highest BCUT2D eigenvalue weighted by Gasteiger charge is 2.49. The van der Waals surface area contributed by atoms with Crippen LogP contribution in [0.4, 0.5) is 4.79 Å². The zero-order chi connectivity index (χ0) is 11.0. The maximum Gasteiger partial charge on any atom is 0.508 e.